The molecule has 2 unspecified atom stereocenters. The van der Waals surface area contributed by atoms with Gasteiger partial charge in [-0.25, -0.2) is 0 Å². The second-order valence-electron chi connectivity index (χ2n) is 15.5. The van der Waals surface area contributed by atoms with Gasteiger partial charge in [0, 0.05) is 6.42 Å². The molecular formula is C48H89NO3. The third kappa shape index (κ3) is 39.6. The molecule has 0 rings (SSSR count). The van der Waals surface area contributed by atoms with Gasteiger partial charge in [0.25, 0.3) is 0 Å². The number of hydrogen-bond donors (Lipinski definition) is 3. The van der Waals surface area contributed by atoms with Crippen molar-refractivity contribution >= 4 is 5.91 Å². The highest BCUT2D eigenvalue weighted by Gasteiger charge is 2.17. The molecule has 304 valence electrons. The molecule has 0 saturated carbocycles. The zero-order valence-electron chi connectivity index (χ0n) is 34.8. The lowest BCUT2D eigenvalue weighted by molar-refractivity contribution is -0.123. The van der Waals surface area contributed by atoms with Crippen molar-refractivity contribution in [3.63, 3.8) is 0 Å². The van der Waals surface area contributed by atoms with Crippen LogP contribution >= 0.6 is 0 Å². The molecule has 1 amide bonds. The van der Waals surface area contributed by atoms with Gasteiger partial charge in [-0.2, -0.15) is 0 Å². The number of nitrogens with one attached hydrogen (secondary N) is 1. The highest BCUT2D eigenvalue weighted by molar-refractivity contribution is 5.76. The molecule has 4 heteroatoms. The van der Waals surface area contributed by atoms with Gasteiger partial charge in [-0.15, -0.1) is 0 Å². The van der Waals surface area contributed by atoms with E-state index in [1.165, 1.54) is 161 Å². The van der Waals surface area contributed by atoms with E-state index in [-0.39, 0.29) is 12.5 Å². The van der Waals surface area contributed by atoms with Crippen molar-refractivity contribution in [3.05, 3.63) is 48.6 Å². The summed E-state index contributed by atoms with van der Waals surface area (Å²) >= 11 is 0. The molecule has 4 nitrogen and oxygen atoms in total. The molecule has 0 saturated heterocycles. The van der Waals surface area contributed by atoms with E-state index in [4.69, 9.17) is 0 Å². The first-order chi connectivity index (χ1) is 25.7. The maximum atomic E-state index is 12.3. The Balaban J connectivity index is 3.58. The number of allylic oxidation sites excluding steroid dienone is 7. The first-order valence-corrected chi connectivity index (χ1v) is 22.9. The molecule has 2 atom stereocenters. The highest BCUT2D eigenvalue weighted by atomic mass is 16.3. The van der Waals surface area contributed by atoms with E-state index in [0.29, 0.717) is 6.42 Å². The van der Waals surface area contributed by atoms with Gasteiger partial charge in [0.05, 0.1) is 18.8 Å². The molecule has 0 aromatic heterocycles. The molecule has 0 fully saturated rings. The lowest BCUT2D eigenvalue weighted by Gasteiger charge is -2.19. The van der Waals surface area contributed by atoms with Crippen molar-refractivity contribution in [2.45, 2.75) is 244 Å². The molecule has 0 aliphatic heterocycles. The van der Waals surface area contributed by atoms with Gasteiger partial charge in [-0.05, 0) is 57.8 Å². The van der Waals surface area contributed by atoms with Crippen LogP contribution in [-0.4, -0.2) is 34.9 Å². The van der Waals surface area contributed by atoms with E-state index in [1.807, 2.05) is 6.08 Å². The predicted octanol–water partition coefficient (Wildman–Crippen LogP) is 14.4. The smallest absolute Gasteiger partial charge is 0.220 e. The summed E-state index contributed by atoms with van der Waals surface area (Å²) in [4.78, 5) is 12.3. The summed E-state index contributed by atoms with van der Waals surface area (Å²) in [6.07, 6.45) is 59.5. The highest BCUT2D eigenvalue weighted by Crippen LogP contribution is 2.15. The standard InChI is InChI=1S/C48H89NO3/c1-3-5-7-9-11-13-15-17-19-20-21-22-23-24-25-26-27-28-29-30-31-33-35-37-39-41-43-47(51)46(45-50)49-48(52)44-42-40-38-36-34-32-18-16-14-12-10-8-6-4-2/h10,12,16,18,33,35,41,43,46-47,50-51H,3-9,11,13-15,17,19-32,34,36-40,42,44-45H2,1-2H3,(H,49,52)/b12-10-,18-16-,35-33+,43-41+. The number of carbonyl (C=O) groups excluding carboxylic acids is 1. The lowest BCUT2D eigenvalue weighted by Crippen LogP contribution is -2.45. The van der Waals surface area contributed by atoms with Crippen LogP contribution in [0, 0.1) is 0 Å². The fourth-order valence-electron chi connectivity index (χ4n) is 6.74. The Morgan fingerprint density at radius 1 is 0.462 bits per heavy atom. The number of unbranched alkanes of at least 4 members (excludes halogenated alkanes) is 28. The van der Waals surface area contributed by atoms with Gasteiger partial charge in [0.1, 0.15) is 0 Å². The van der Waals surface area contributed by atoms with Gasteiger partial charge < -0.3 is 15.5 Å². The molecule has 0 aromatic rings. The van der Waals surface area contributed by atoms with Gasteiger partial charge >= 0.3 is 0 Å². The summed E-state index contributed by atoms with van der Waals surface area (Å²) < 4.78 is 0. The molecule has 0 aliphatic carbocycles. The molecule has 0 aliphatic rings. The van der Waals surface area contributed by atoms with Crippen molar-refractivity contribution in [1.82, 2.24) is 5.32 Å². The largest absolute Gasteiger partial charge is 0.394 e. The zero-order chi connectivity index (χ0) is 37.8. The summed E-state index contributed by atoms with van der Waals surface area (Å²) in [6.45, 7) is 4.25. The van der Waals surface area contributed by atoms with Crippen LogP contribution in [0.2, 0.25) is 0 Å². The van der Waals surface area contributed by atoms with Crippen molar-refractivity contribution in [2.75, 3.05) is 6.61 Å². The summed E-state index contributed by atoms with van der Waals surface area (Å²) in [5.41, 5.74) is 0. The fraction of sp³-hybridized carbons (Fsp3) is 0.812. The Kier molecular flexibility index (Phi) is 42.4. The average Bonchev–Trinajstić information content (AvgIpc) is 3.15. The zero-order valence-corrected chi connectivity index (χ0v) is 34.8. The second-order valence-corrected chi connectivity index (χ2v) is 15.5. The second kappa shape index (κ2) is 43.8. The number of aliphatic hydroxyl groups is 2. The molecule has 0 heterocycles. The maximum absolute atomic E-state index is 12.3. The number of aliphatic hydroxyl groups excluding tert-OH is 2. The average molecular weight is 728 g/mol. The number of amides is 1. The number of carbonyl (C=O) groups is 1. The van der Waals surface area contributed by atoms with E-state index in [0.717, 1.165) is 51.4 Å². The van der Waals surface area contributed by atoms with Crippen LogP contribution in [0.1, 0.15) is 232 Å². The third-order valence-corrected chi connectivity index (χ3v) is 10.3. The summed E-state index contributed by atoms with van der Waals surface area (Å²) in [5.74, 6) is -0.0885. The Hall–Kier alpha value is -1.65. The predicted molar refractivity (Wildman–Crippen MR) is 230 cm³/mol. The van der Waals surface area contributed by atoms with Crippen molar-refractivity contribution in [1.29, 1.82) is 0 Å². The van der Waals surface area contributed by atoms with E-state index in [1.54, 1.807) is 6.08 Å². The molecule has 0 aromatic carbocycles. The SMILES string of the molecule is CCCC/C=C\C/C=C\CCCCCCCC(=O)NC(CO)C(O)/C=C/CC/C=C/CCCCCCCCCCCCCCCCCCCCCC. The molecule has 52 heavy (non-hydrogen) atoms. The van der Waals surface area contributed by atoms with Crippen LogP contribution in [0.3, 0.4) is 0 Å². The molecule has 0 spiro atoms. The van der Waals surface area contributed by atoms with E-state index in [2.05, 4.69) is 55.6 Å². The van der Waals surface area contributed by atoms with Gasteiger partial charge in [0.15, 0.2) is 0 Å². The number of hydrogen-bond acceptors (Lipinski definition) is 3. The Morgan fingerprint density at radius 3 is 1.29 bits per heavy atom. The van der Waals surface area contributed by atoms with E-state index in [9.17, 15) is 15.0 Å². The summed E-state index contributed by atoms with van der Waals surface area (Å²) in [5, 5.41) is 23.0. The van der Waals surface area contributed by atoms with Gasteiger partial charge in [0.2, 0.25) is 5.91 Å². The van der Waals surface area contributed by atoms with E-state index < -0.39 is 12.1 Å². The Labute approximate surface area is 324 Å². The van der Waals surface area contributed by atoms with E-state index >= 15 is 0 Å². The minimum absolute atomic E-state index is 0.0885. The maximum Gasteiger partial charge on any atom is 0.220 e. The minimum atomic E-state index is -0.868. The van der Waals surface area contributed by atoms with Crippen molar-refractivity contribution < 1.29 is 15.0 Å². The lowest BCUT2D eigenvalue weighted by atomic mass is 10.0. The minimum Gasteiger partial charge on any atom is -0.394 e. The normalized spacial score (nSPS) is 13.4. The molecular weight excluding hydrogens is 639 g/mol. The van der Waals surface area contributed by atoms with Gasteiger partial charge in [-0.1, -0.05) is 217 Å². The Morgan fingerprint density at radius 2 is 0.827 bits per heavy atom. The van der Waals surface area contributed by atoms with Crippen LogP contribution < -0.4 is 5.32 Å². The van der Waals surface area contributed by atoms with Crippen molar-refractivity contribution in [3.8, 4) is 0 Å². The first-order valence-electron chi connectivity index (χ1n) is 22.9. The monoisotopic (exact) mass is 728 g/mol. The van der Waals surface area contributed by atoms with Crippen molar-refractivity contribution in [2.24, 2.45) is 0 Å². The molecule has 0 radical (unpaired) electrons. The van der Waals surface area contributed by atoms with Crippen LogP contribution in [0.5, 0.6) is 0 Å². The summed E-state index contributed by atoms with van der Waals surface area (Å²) in [6, 6.07) is -0.646. The van der Waals surface area contributed by atoms with Crippen LogP contribution in [0.4, 0.5) is 0 Å². The first kappa shape index (κ1) is 50.4. The van der Waals surface area contributed by atoms with Crippen LogP contribution in [0.15, 0.2) is 48.6 Å². The molecule has 3 N–H and O–H groups in total. The number of rotatable bonds is 41. The van der Waals surface area contributed by atoms with Gasteiger partial charge in [-0.3, -0.25) is 4.79 Å². The van der Waals surface area contributed by atoms with Crippen LogP contribution in [-0.2, 0) is 4.79 Å². The fourth-order valence-corrected chi connectivity index (χ4v) is 6.74. The summed E-state index contributed by atoms with van der Waals surface area (Å²) in [7, 11) is 0. The van der Waals surface area contributed by atoms with Crippen LogP contribution in [0.25, 0.3) is 0 Å². The molecule has 0 bridgehead atoms. The topological polar surface area (TPSA) is 69.6 Å². The third-order valence-electron chi connectivity index (χ3n) is 10.3. The Bertz CT molecular complexity index is 831. The quantitative estimate of drug-likeness (QED) is 0.0434.